The summed E-state index contributed by atoms with van der Waals surface area (Å²) in [7, 11) is 0. The summed E-state index contributed by atoms with van der Waals surface area (Å²) in [5, 5.41) is 0.970. The molecule has 0 spiro atoms. The smallest absolute Gasteiger partial charge is 0.143 e. The van der Waals surface area contributed by atoms with Crippen molar-refractivity contribution in [1.82, 2.24) is 0 Å². The fourth-order valence-corrected chi connectivity index (χ4v) is 2.93. The minimum atomic E-state index is -0.247. The first-order valence-corrected chi connectivity index (χ1v) is 6.98. The van der Waals surface area contributed by atoms with E-state index in [4.69, 9.17) is 0 Å². The van der Waals surface area contributed by atoms with Crippen LogP contribution in [0.25, 0.3) is 0 Å². The van der Waals surface area contributed by atoms with E-state index in [1.165, 1.54) is 11.1 Å². The molecule has 86 valence electrons. The Balaban J connectivity index is 2.39. The topological polar surface area (TPSA) is 17.1 Å². The van der Waals surface area contributed by atoms with E-state index in [2.05, 4.69) is 41.1 Å². The first kappa shape index (κ1) is 11.8. The first-order valence-electron chi connectivity index (χ1n) is 5.86. The van der Waals surface area contributed by atoms with Crippen LogP contribution in [0.15, 0.2) is 24.3 Å². The maximum absolute atomic E-state index is 12.2. The molecule has 0 N–H and O–H groups in total. The van der Waals surface area contributed by atoms with Crippen LogP contribution in [0.4, 0.5) is 0 Å². The Kier molecular flexibility index (Phi) is 3.48. The van der Waals surface area contributed by atoms with E-state index in [9.17, 15) is 4.79 Å². The number of carbonyl (C=O) groups excluding carboxylic acids is 1. The Labute approximate surface area is 105 Å². The Hall–Kier alpha value is -0.630. The summed E-state index contributed by atoms with van der Waals surface area (Å²) < 4.78 is 0. The highest BCUT2D eigenvalue weighted by Gasteiger charge is 2.38. The van der Waals surface area contributed by atoms with Gasteiger partial charge in [0.15, 0.2) is 0 Å². The van der Waals surface area contributed by atoms with Gasteiger partial charge in [0.1, 0.15) is 5.78 Å². The van der Waals surface area contributed by atoms with E-state index < -0.39 is 0 Å². The second-order valence-electron chi connectivity index (χ2n) is 4.70. The van der Waals surface area contributed by atoms with Crippen LogP contribution >= 0.6 is 15.9 Å². The number of alkyl halides is 1. The first-order chi connectivity index (χ1) is 7.68. The van der Waals surface area contributed by atoms with Crippen molar-refractivity contribution in [3.8, 4) is 0 Å². The zero-order chi connectivity index (χ0) is 11.6. The van der Waals surface area contributed by atoms with E-state index in [1.54, 1.807) is 0 Å². The van der Waals surface area contributed by atoms with Crippen molar-refractivity contribution in [3.05, 3.63) is 35.4 Å². The Bertz CT molecular complexity index is 399. The van der Waals surface area contributed by atoms with Crippen LogP contribution in [0.3, 0.4) is 0 Å². The van der Waals surface area contributed by atoms with Gasteiger partial charge < -0.3 is 0 Å². The fraction of sp³-hybridized carbons (Fsp3) is 0.500. The molecule has 1 aliphatic rings. The molecule has 1 unspecified atom stereocenters. The van der Waals surface area contributed by atoms with Crippen LogP contribution in [0.2, 0.25) is 0 Å². The summed E-state index contributed by atoms with van der Waals surface area (Å²) in [4.78, 5) is 12.2. The van der Waals surface area contributed by atoms with E-state index in [-0.39, 0.29) is 5.41 Å². The molecule has 0 heterocycles. The lowest BCUT2D eigenvalue weighted by Crippen LogP contribution is -2.37. The highest BCUT2D eigenvalue weighted by atomic mass is 79.9. The summed E-state index contributed by atoms with van der Waals surface area (Å²) in [6.07, 6.45) is 3.62. The summed E-state index contributed by atoms with van der Waals surface area (Å²) in [5.41, 5.74) is 2.37. The molecule has 0 saturated heterocycles. The summed E-state index contributed by atoms with van der Waals surface area (Å²) in [6.45, 7) is 2.11. The van der Waals surface area contributed by atoms with Gasteiger partial charge in [0, 0.05) is 11.8 Å². The number of ketones is 1. The standard InChI is InChI=1S/C14H17BrO/c1-14(9-4-10-15)12-6-3-2-5-11(12)7-8-13(14)16/h2-3,5-6H,4,7-10H2,1H3. The minimum Gasteiger partial charge on any atom is -0.299 e. The third-order valence-electron chi connectivity index (χ3n) is 3.66. The largest absolute Gasteiger partial charge is 0.299 e. The highest BCUT2D eigenvalue weighted by Crippen LogP contribution is 2.38. The Morgan fingerprint density at radius 1 is 1.31 bits per heavy atom. The van der Waals surface area contributed by atoms with E-state index in [1.807, 2.05) is 6.07 Å². The number of rotatable bonds is 3. The van der Waals surface area contributed by atoms with Gasteiger partial charge in [0.2, 0.25) is 0 Å². The normalized spacial score (nSPS) is 24.2. The molecule has 0 fully saturated rings. The summed E-state index contributed by atoms with van der Waals surface area (Å²) >= 11 is 3.45. The number of carbonyl (C=O) groups is 1. The van der Waals surface area contributed by atoms with E-state index in [0.29, 0.717) is 12.2 Å². The third-order valence-corrected chi connectivity index (χ3v) is 4.22. The van der Waals surface area contributed by atoms with E-state index in [0.717, 1.165) is 24.6 Å². The monoisotopic (exact) mass is 280 g/mol. The van der Waals surface area contributed by atoms with Gasteiger partial charge >= 0.3 is 0 Å². The number of aryl methyl sites for hydroxylation is 1. The van der Waals surface area contributed by atoms with Gasteiger partial charge in [-0.05, 0) is 37.3 Å². The summed E-state index contributed by atoms with van der Waals surface area (Å²) in [5.74, 6) is 0.409. The van der Waals surface area contributed by atoms with Crippen molar-refractivity contribution >= 4 is 21.7 Å². The van der Waals surface area contributed by atoms with Gasteiger partial charge in [0.25, 0.3) is 0 Å². The molecule has 0 aliphatic heterocycles. The van der Waals surface area contributed by atoms with E-state index >= 15 is 0 Å². The minimum absolute atomic E-state index is 0.247. The Morgan fingerprint density at radius 3 is 2.81 bits per heavy atom. The lowest BCUT2D eigenvalue weighted by atomic mass is 9.68. The molecule has 1 aliphatic carbocycles. The lowest BCUT2D eigenvalue weighted by Gasteiger charge is -2.34. The van der Waals surface area contributed by atoms with Crippen LogP contribution < -0.4 is 0 Å². The van der Waals surface area contributed by atoms with Crippen molar-refractivity contribution in [2.24, 2.45) is 0 Å². The highest BCUT2D eigenvalue weighted by molar-refractivity contribution is 9.09. The van der Waals surface area contributed by atoms with Crippen LogP contribution in [-0.2, 0) is 16.6 Å². The third kappa shape index (κ3) is 1.95. The van der Waals surface area contributed by atoms with Gasteiger partial charge in [-0.2, -0.15) is 0 Å². The maximum Gasteiger partial charge on any atom is 0.143 e. The number of Topliss-reactive ketones (excluding diaryl/α,β-unsaturated/α-hetero) is 1. The van der Waals surface area contributed by atoms with Crippen LogP contribution in [0.1, 0.15) is 37.3 Å². The molecule has 16 heavy (non-hydrogen) atoms. The maximum atomic E-state index is 12.2. The quantitative estimate of drug-likeness (QED) is 0.773. The molecule has 0 amide bonds. The zero-order valence-corrected chi connectivity index (χ0v) is 11.2. The number of hydrogen-bond acceptors (Lipinski definition) is 1. The molecule has 1 nitrogen and oxygen atoms in total. The average molecular weight is 281 g/mol. The fourth-order valence-electron chi connectivity index (χ4n) is 2.65. The number of hydrogen-bond donors (Lipinski definition) is 0. The SMILES string of the molecule is CC1(CCCBr)C(=O)CCc2ccccc21. The van der Waals surface area contributed by atoms with Crippen molar-refractivity contribution in [1.29, 1.82) is 0 Å². The lowest BCUT2D eigenvalue weighted by molar-refractivity contribution is -0.124. The molecular formula is C14H17BrO. The molecule has 1 atom stereocenters. The van der Waals surface area contributed by atoms with Crippen molar-refractivity contribution in [3.63, 3.8) is 0 Å². The van der Waals surface area contributed by atoms with Crippen molar-refractivity contribution in [2.75, 3.05) is 5.33 Å². The van der Waals surface area contributed by atoms with Crippen LogP contribution in [-0.4, -0.2) is 11.1 Å². The van der Waals surface area contributed by atoms with Crippen LogP contribution in [0.5, 0.6) is 0 Å². The molecule has 0 radical (unpaired) electrons. The number of halogens is 1. The Morgan fingerprint density at radius 2 is 2.06 bits per heavy atom. The van der Waals surface area contributed by atoms with Gasteiger partial charge in [0.05, 0.1) is 5.41 Å². The zero-order valence-electron chi connectivity index (χ0n) is 9.63. The van der Waals surface area contributed by atoms with Crippen molar-refractivity contribution in [2.45, 2.75) is 38.0 Å². The van der Waals surface area contributed by atoms with Gasteiger partial charge in [-0.3, -0.25) is 4.79 Å². The predicted molar refractivity (Wildman–Crippen MR) is 70.2 cm³/mol. The molecule has 0 aromatic heterocycles. The molecule has 1 aromatic carbocycles. The number of benzene rings is 1. The molecule has 2 heteroatoms. The number of fused-ring (bicyclic) bond motifs is 1. The summed E-state index contributed by atoms with van der Waals surface area (Å²) in [6, 6.07) is 8.40. The predicted octanol–water partition coefficient (Wildman–Crippen LogP) is 3.63. The van der Waals surface area contributed by atoms with Gasteiger partial charge in [-0.15, -0.1) is 0 Å². The molecular weight excluding hydrogens is 264 g/mol. The molecule has 1 aromatic rings. The van der Waals surface area contributed by atoms with Gasteiger partial charge in [-0.25, -0.2) is 0 Å². The van der Waals surface area contributed by atoms with Crippen LogP contribution in [0, 0.1) is 0 Å². The molecule has 0 saturated carbocycles. The average Bonchev–Trinajstić information content (AvgIpc) is 2.32. The second kappa shape index (κ2) is 4.70. The molecule has 2 rings (SSSR count). The van der Waals surface area contributed by atoms with Crippen molar-refractivity contribution < 1.29 is 4.79 Å². The van der Waals surface area contributed by atoms with Gasteiger partial charge in [-0.1, -0.05) is 40.2 Å². The second-order valence-corrected chi connectivity index (χ2v) is 5.50. The molecule has 0 bridgehead atoms.